The molecule has 23 heavy (non-hydrogen) atoms. The van der Waals surface area contributed by atoms with Crippen LogP contribution >= 0.6 is 35.6 Å². The van der Waals surface area contributed by atoms with Crippen molar-refractivity contribution >= 4 is 41.5 Å². The first kappa shape index (κ1) is 19.8. The molecule has 2 aromatic rings. The second-order valence-electron chi connectivity index (χ2n) is 4.99. The van der Waals surface area contributed by atoms with Crippen molar-refractivity contribution in [2.45, 2.75) is 13.0 Å². The molecule has 0 saturated carbocycles. The van der Waals surface area contributed by atoms with E-state index >= 15 is 0 Å². The lowest BCUT2D eigenvalue weighted by Gasteiger charge is -2.12. The molecule has 0 bridgehead atoms. The summed E-state index contributed by atoms with van der Waals surface area (Å²) in [5.41, 5.74) is 1.69. The van der Waals surface area contributed by atoms with E-state index in [4.69, 9.17) is 11.6 Å². The Labute approximate surface area is 158 Å². The molecule has 2 rings (SSSR count). The van der Waals surface area contributed by atoms with Gasteiger partial charge in [0, 0.05) is 50.2 Å². The molecule has 126 valence electrons. The van der Waals surface area contributed by atoms with Crippen LogP contribution in [0.2, 0.25) is 5.02 Å². The third-order valence-electron chi connectivity index (χ3n) is 3.31. The molecule has 0 spiro atoms. The van der Waals surface area contributed by atoms with Gasteiger partial charge in [0.05, 0.1) is 0 Å². The second-order valence-corrected chi connectivity index (χ2v) is 5.40. The van der Waals surface area contributed by atoms with Gasteiger partial charge in [-0.2, -0.15) is 0 Å². The topological polar surface area (TPSA) is 41.4 Å². The van der Waals surface area contributed by atoms with E-state index in [0.717, 1.165) is 0 Å². The summed E-state index contributed by atoms with van der Waals surface area (Å²) < 4.78 is 15.7. The fraction of sp³-hybridized carbons (Fsp3) is 0.312. The van der Waals surface area contributed by atoms with Crippen LogP contribution in [0, 0.1) is 5.82 Å². The number of nitrogens with zero attached hydrogens (tertiary/aromatic N) is 2. The predicted molar refractivity (Wildman–Crippen MR) is 104 cm³/mol. The van der Waals surface area contributed by atoms with Crippen molar-refractivity contribution < 1.29 is 4.39 Å². The van der Waals surface area contributed by atoms with Crippen molar-refractivity contribution in [2.75, 3.05) is 13.6 Å². The first-order valence-electron chi connectivity index (χ1n) is 7.08. The Bertz CT molecular complexity index is 637. The highest BCUT2D eigenvalue weighted by Crippen LogP contribution is 2.18. The van der Waals surface area contributed by atoms with Crippen LogP contribution in [-0.2, 0) is 20.0 Å². The molecule has 0 atom stereocenters. The van der Waals surface area contributed by atoms with Crippen molar-refractivity contribution in [2.24, 2.45) is 12.0 Å². The Hall–Kier alpha value is -1.28. The lowest BCUT2D eigenvalue weighted by atomic mass is 10.1. The Morgan fingerprint density at radius 2 is 2.09 bits per heavy atom. The molecule has 0 aliphatic rings. The van der Waals surface area contributed by atoms with Gasteiger partial charge >= 0.3 is 0 Å². The number of hydrogen-bond acceptors (Lipinski definition) is 1. The van der Waals surface area contributed by atoms with Gasteiger partial charge in [-0.15, -0.1) is 24.0 Å². The van der Waals surface area contributed by atoms with Crippen LogP contribution in [0.5, 0.6) is 0 Å². The van der Waals surface area contributed by atoms with Gasteiger partial charge in [0.25, 0.3) is 0 Å². The largest absolute Gasteiger partial charge is 0.357 e. The van der Waals surface area contributed by atoms with Gasteiger partial charge < -0.3 is 15.2 Å². The maximum absolute atomic E-state index is 13.7. The number of nitrogens with one attached hydrogen (secondary N) is 2. The first-order valence-corrected chi connectivity index (χ1v) is 7.46. The van der Waals surface area contributed by atoms with Gasteiger partial charge in [0.1, 0.15) is 5.82 Å². The minimum atomic E-state index is -0.276. The van der Waals surface area contributed by atoms with Gasteiger partial charge in [0.15, 0.2) is 5.96 Å². The van der Waals surface area contributed by atoms with E-state index in [1.54, 1.807) is 19.2 Å². The van der Waals surface area contributed by atoms with Crippen molar-refractivity contribution in [3.63, 3.8) is 0 Å². The summed E-state index contributed by atoms with van der Waals surface area (Å²) in [6, 6.07) is 6.76. The van der Waals surface area contributed by atoms with Crippen molar-refractivity contribution in [1.82, 2.24) is 15.2 Å². The Balaban J connectivity index is 0.00000264. The molecule has 0 amide bonds. The normalized spacial score (nSPS) is 11.0. The van der Waals surface area contributed by atoms with Crippen molar-refractivity contribution in [1.29, 1.82) is 0 Å². The van der Waals surface area contributed by atoms with E-state index in [2.05, 4.69) is 15.6 Å². The summed E-state index contributed by atoms with van der Waals surface area (Å²) in [5.74, 6) is 0.401. The van der Waals surface area contributed by atoms with Crippen LogP contribution in [0.15, 0.2) is 41.7 Å². The average molecular weight is 451 g/mol. The van der Waals surface area contributed by atoms with E-state index in [0.29, 0.717) is 36.1 Å². The van der Waals surface area contributed by atoms with Gasteiger partial charge in [-0.1, -0.05) is 17.7 Å². The summed E-state index contributed by atoms with van der Waals surface area (Å²) in [6.45, 7) is 1.23. The molecular formula is C16H21ClFIN4. The lowest BCUT2D eigenvalue weighted by Crippen LogP contribution is -2.37. The third kappa shape index (κ3) is 6.02. The van der Waals surface area contributed by atoms with Gasteiger partial charge in [0.2, 0.25) is 0 Å². The van der Waals surface area contributed by atoms with Gasteiger partial charge in [-0.05, 0) is 30.2 Å². The number of aliphatic imine (C=N–C) groups is 1. The molecule has 0 unspecified atom stereocenters. The van der Waals surface area contributed by atoms with Crippen LogP contribution in [0.3, 0.4) is 0 Å². The highest BCUT2D eigenvalue weighted by molar-refractivity contribution is 14.0. The lowest BCUT2D eigenvalue weighted by molar-refractivity contribution is 0.607. The van der Waals surface area contributed by atoms with E-state index in [-0.39, 0.29) is 29.8 Å². The number of hydrogen-bond donors (Lipinski definition) is 2. The summed E-state index contributed by atoms with van der Waals surface area (Å²) in [7, 11) is 3.69. The van der Waals surface area contributed by atoms with E-state index < -0.39 is 0 Å². The Kier molecular flexibility index (Phi) is 8.40. The van der Waals surface area contributed by atoms with Crippen molar-refractivity contribution in [3.8, 4) is 0 Å². The van der Waals surface area contributed by atoms with E-state index in [1.807, 2.05) is 30.1 Å². The van der Waals surface area contributed by atoms with Crippen LogP contribution in [0.25, 0.3) is 0 Å². The summed E-state index contributed by atoms with van der Waals surface area (Å²) >= 11 is 6.01. The maximum Gasteiger partial charge on any atom is 0.191 e. The molecule has 1 heterocycles. The van der Waals surface area contributed by atoms with Crippen molar-refractivity contribution in [3.05, 3.63) is 58.6 Å². The van der Waals surface area contributed by atoms with Gasteiger partial charge in [-0.25, -0.2) is 4.39 Å². The number of aromatic nitrogens is 1. The zero-order valence-electron chi connectivity index (χ0n) is 13.1. The molecular weight excluding hydrogens is 430 g/mol. The highest BCUT2D eigenvalue weighted by Gasteiger charge is 2.07. The monoisotopic (exact) mass is 450 g/mol. The molecule has 4 nitrogen and oxygen atoms in total. The molecule has 0 radical (unpaired) electrons. The molecule has 0 saturated heterocycles. The quantitative estimate of drug-likeness (QED) is 0.417. The summed E-state index contributed by atoms with van der Waals surface area (Å²) in [5, 5.41) is 6.82. The number of rotatable bonds is 5. The van der Waals surface area contributed by atoms with Crippen LogP contribution in [0.1, 0.15) is 11.1 Å². The third-order valence-corrected chi connectivity index (χ3v) is 3.66. The highest BCUT2D eigenvalue weighted by atomic mass is 127. The fourth-order valence-electron chi connectivity index (χ4n) is 2.15. The molecule has 2 N–H and O–H groups in total. The van der Waals surface area contributed by atoms with E-state index in [9.17, 15) is 4.39 Å². The summed E-state index contributed by atoms with van der Waals surface area (Å²) in [4.78, 5) is 4.15. The molecule has 0 fully saturated rings. The SMILES string of the molecule is CN=C(NCCc1c(F)cccc1Cl)NCc1ccn(C)c1.I. The second kappa shape index (κ2) is 9.77. The number of halogens is 3. The standard InChI is InChI=1S/C16H20ClFN4.HI/c1-19-16(21-10-12-7-9-22(2)11-12)20-8-6-13-14(17)4-3-5-15(13)18;/h3-5,7,9,11H,6,8,10H2,1-2H3,(H2,19,20,21);1H. The molecule has 1 aromatic carbocycles. The molecule has 0 aliphatic carbocycles. The number of benzene rings is 1. The van der Waals surface area contributed by atoms with Gasteiger partial charge in [-0.3, -0.25) is 4.99 Å². The minimum absolute atomic E-state index is 0. The van der Waals surface area contributed by atoms with Crippen LogP contribution in [0.4, 0.5) is 4.39 Å². The predicted octanol–water partition coefficient (Wildman–Crippen LogP) is 3.34. The Morgan fingerprint density at radius 3 is 2.70 bits per heavy atom. The molecule has 7 heteroatoms. The average Bonchev–Trinajstić information content (AvgIpc) is 2.91. The smallest absolute Gasteiger partial charge is 0.191 e. The van der Waals surface area contributed by atoms with Crippen LogP contribution < -0.4 is 10.6 Å². The fourth-order valence-corrected chi connectivity index (χ4v) is 2.41. The zero-order chi connectivity index (χ0) is 15.9. The first-order chi connectivity index (χ1) is 10.6. The number of guanidine groups is 1. The zero-order valence-corrected chi connectivity index (χ0v) is 16.2. The maximum atomic E-state index is 13.7. The number of aryl methyl sites for hydroxylation is 1. The van der Waals surface area contributed by atoms with E-state index in [1.165, 1.54) is 11.6 Å². The minimum Gasteiger partial charge on any atom is -0.357 e. The van der Waals surface area contributed by atoms with Crippen LogP contribution in [-0.4, -0.2) is 24.1 Å². The molecule has 1 aromatic heterocycles. The summed E-state index contributed by atoms with van der Waals surface area (Å²) in [6.07, 6.45) is 4.53. The molecule has 0 aliphatic heterocycles. The Morgan fingerprint density at radius 1 is 1.30 bits per heavy atom.